The van der Waals surface area contributed by atoms with Crippen molar-refractivity contribution in [3.05, 3.63) is 48.2 Å². The summed E-state index contributed by atoms with van der Waals surface area (Å²) in [4.78, 5) is 0. The predicted octanol–water partition coefficient (Wildman–Crippen LogP) is 2.02. The van der Waals surface area contributed by atoms with E-state index < -0.39 is 0 Å². The van der Waals surface area contributed by atoms with Gasteiger partial charge in [0.15, 0.2) is 0 Å². The molecule has 0 aliphatic heterocycles. The highest BCUT2D eigenvalue weighted by molar-refractivity contribution is 5.55. The van der Waals surface area contributed by atoms with Crippen LogP contribution >= 0.6 is 0 Å². The summed E-state index contributed by atoms with van der Waals surface area (Å²) < 4.78 is 0. The zero-order chi connectivity index (χ0) is 9.68. The topological polar surface area (TPSA) is 38.0 Å². The van der Waals surface area contributed by atoms with Gasteiger partial charge in [-0.05, 0) is 23.8 Å². The second kappa shape index (κ2) is 4.36. The summed E-state index contributed by atoms with van der Waals surface area (Å²) in [5.74, 6) is 0. The van der Waals surface area contributed by atoms with Crippen LogP contribution in [0, 0.1) is 0 Å². The van der Waals surface area contributed by atoms with E-state index in [0.29, 0.717) is 0 Å². The van der Waals surface area contributed by atoms with E-state index in [2.05, 4.69) is 11.9 Å². The number of nitrogen functional groups attached to an aromatic ring is 1. The van der Waals surface area contributed by atoms with Crippen molar-refractivity contribution in [1.29, 1.82) is 0 Å². The van der Waals surface area contributed by atoms with E-state index in [1.165, 1.54) is 0 Å². The summed E-state index contributed by atoms with van der Waals surface area (Å²) in [6.45, 7) is 3.78. The molecule has 1 aromatic rings. The Hall–Kier alpha value is -1.70. The van der Waals surface area contributed by atoms with E-state index in [9.17, 15) is 0 Å². The number of rotatable bonds is 3. The van der Waals surface area contributed by atoms with Crippen LogP contribution in [0.2, 0.25) is 0 Å². The van der Waals surface area contributed by atoms with Gasteiger partial charge in [0.25, 0.3) is 0 Å². The van der Waals surface area contributed by atoms with Crippen LogP contribution in [0.5, 0.6) is 0 Å². The van der Waals surface area contributed by atoms with E-state index in [-0.39, 0.29) is 0 Å². The Morgan fingerprint density at radius 3 is 2.54 bits per heavy atom. The zero-order valence-electron chi connectivity index (χ0n) is 7.75. The van der Waals surface area contributed by atoms with Crippen molar-refractivity contribution in [3.63, 3.8) is 0 Å². The number of nitrogens with one attached hydrogen (secondary N) is 1. The molecule has 0 atom stereocenters. The summed E-state index contributed by atoms with van der Waals surface area (Å²) in [6, 6.07) is 7.69. The number of allylic oxidation sites excluding steroid dienone is 1. The van der Waals surface area contributed by atoms with Crippen molar-refractivity contribution in [1.82, 2.24) is 5.32 Å². The first-order valence-corrected chi connectivity index (χ1v) is 4.12. The largest absolute Gasteiger partial charge is 0.399 e. The lowest BCUT2D eigenvalue weighted by Crippen LogP contribution is -2.00. The molecule has 0 radical (unpaired) electrons. The molecule has 2 heteroatoms. The molecule has 68 valence electrons. The third-order valence-electron chi connectivity index (χ3n) is 1.73. The van der Waals surface area contributed by atoms with Gasteiger partial charge in [-0.25, -0.2) is 0 Å². The minimum atomic E-state index is 0.782. The summed E-state index contributed by atoms with van der Waals surface area (Å²) in [7, 11) is 1.84. The Bertz CT molecular complexity index is 309. The van der Waals surface area contributed by atoms with E-state index in [0.717, 1.165) is 16.9 Å². The standard InChI is InChI=1S/C11H14N2/c1-9(13-2)3-4-10-5-7-11(12)8-6-10/h3-8,13H,1,12H2,2H3/b4-3+. The Balaban J connectivity index is 2.69. The third kappa shape index (κ3) is 3.03. The molecule has 0 heterocycles. The van der Waals surface area contributed by atoms with Crippen LogP contribution in [-0.2, 0) is 0 Å². The number of nitrogens with two attached hydrogens (primary N) is 1. The van der Waals surface area contributed by atoms with Crippen LogP contribution in [-0.4, -0.2) is 7.05 Å². The Labute approximate surface area is 78.8 Å². The van der Waals surface area contributed by atoms with E-state index >= 15 is 0 Å². The predicted molar refractivity (Wildman–Crippen MR) is 58.1 cm³/mol. The fourth-order valence-corrected chi connectivity index (χ4v) is 0.887. The maximum absolute atomic E-state index is 5.55. The van der Waals surface area contributed by atoms with Gasteiger partial charge in [0.05, 0.1) is 0 Å². The average molecular weight is 174 g/mol. The van der Waals surface area contributed by atoms with Crippen LogP contribution < -0.4 is 11.1 Å². The SMILES string of the molecule is C=C(/C=C/c1ccc(N)cc1)NC. The molecule has 0 amide bonds. The summed E-state index contributed by atoms with van der Waals surface area (Å²) in [5.41, 5.74) is 8.34. The van der Waals surface area contributed by atoms with Crippen LogP contribution in [0.3, 0.4) is 0 Å². The number of benzene rings is 1. The molecule has 0 fully saturated rings. The summed E-state index contributed by atoms with van der Waals surface area (Å²) >= 11 is 0. The van der Waals surface area contributed by atoms with Gasteiger partial charge in [-0.3, -0.25) is 0 Å². The lowest BCUT2D eigenvalue weighted by atomic mass is 10.2. The molecule has 0 saturated heterocycles. The fourth-order valence-electron chi connectivity index (χ4n) is 0.887. The first kappa shape index (κ1) is 9.39. The molecule has 1 rings (SSSR count). The molecule has 0 spiro atoms. The first-order chi connectivity index (χ1) is 6.22. The van der Waals surface area contributed by atoms with Crippen molar-refractivity contribution in [2.75, 3.05) is 12.8 Å². The molecule has 0 aliphatic carbocycles. The van der Waals surface area contributed by atoms with Crippen LogP contribution in [0.1, 0.15) is 5.56 Å². The molecule has 0 unspecified atom stereocenters. The van der Waals surface area contributed by atoms with E-state index in [4.69, 9.17) is 5.73 Å². The molecular weight excluding hydrogens is 160 g/mol. The van der Waals surface area contributed by atoms with Crippen LogP contribution in [0.15, 0.2) is 42.6 Å². The monoisotopic (exact) mass is 174 g/mol. The van der Waals surface area contributed by atoms with Crippen molar-refractivity contribution >= 4 is 11.8 Å². The minimum Gasteiger partial charge on any atom is -0.399 e. The van der Waals surface area contributed by atoms with Crippen LogP contribution in [0.25, 0.3) is 6.08 Å². The molecule has 0 aromatic heterocycles. The smallest absolute Gasteiger partial charge is 0.0314 e. The maximum atomic E-state index is 5.55. The lowest BCUT2D eigenvalue weighted by molar-refractivity contribution is 1.04. The number of anilines is 1. The lowest BCUT2D eigenvalue weighted by Gasteiger charge is -1.97. The van der Waals surface area contributed by atoms with Gasteiger partial charge < -0.3 is 11.1 Å². The highest BCUT2D eigenvalue weighted by atomic mass is 14.8. The van der Waals surface area contributed by atoms with E-state index in [1.807, 2.05) is 43.5 Å². The van der Waals surface area contributed by atoms with Gasteiger partial charge in [-0.1, -0.05) is 24.8 Å². The van der Waals surface area contributed by atoms with Gasteiger partial charge in [0.1, 0.15) is 0 Å². The third-order valence-corrected chi connectivity index (χ3v) is 1.73. The normalized spacial score (nSPS) is 10.2. The fraction of sp³-hybridized carbons (Fsp3) is 0.0909. The number of hydrogen-bond acceptors (Lipinski definition) is 2. The second-order valence-electron chi connectivity index (χ2n) is 2.78. The Kier molecular flexibility index (Phi) is 3.15. The van der Waals surface area contributed by atoms with E-state index in [1.54, 1.807) is 0 Å². The number of likely N-dealkylation sites (N-methyl/N-ethyl adjacent to an activating group) is 1. The molecule has 2 nitrogen and oxygen atoms in total. The Morgan fingerprint density at radius 1 is 1.38 bits per heavy atom. The molecule has 0 bridgehead atoms. The second-order valence-corrected chi connectivity index (χ2v) is 2.78. The molecule has 0 saturated carbocycles. The maximum Gasteiger partial charge on any atom is 0.0314 e. The molecule has 0 aliphatic rings. The molecular formula is C11H14N2. The number of hydrogen-bond donors (Lipinski definition) is 2. The minimum absolute atomic E-state index is 0.782. The van der Waals surface area contributed by atoms with Gasteiger partial charge in [0, 0.05) is 18.4 Å². The average Bonchev–Trinajstić information content (AvgIpc) is 2.16. The molecule has 3 N–H and O–H groups in total. The van der Waals surface area contributed by atoms with Gasteiger partial charge >= 0.3 is 0 Å². The quantitative estimate of drug-likeness (QED) is 0.543. The first-order valence-electron chi connectivity index (χ1n) is 4.12. The summed E-state index contributed by atoms with van der Waals surface area (Å²) in [6.07, 6.45) is 3.91. The summed E-state index contributed by atoms with van der Waals surface area (Å²) in [5, 5.41) is 2.94. The van der Waals surface area contributed by atoms with Gasteiger partial charge in [-0.15, -0.1) is 0 Å². The van der Waals surface area contributed by atoms with Crippen molar-refractivity contribution in [3.8, 4) is 0 Å². The molecule has 13 heavy (non-hydrogen) atoms. The highest BCUT2D eigenvalue weighted by Crippen LogP contribution is 2.07. The highest BCUT2D eigenvalue weighted by Gasteiger charge is 1.86. The molecule has 1 aromatic carbocycles. The van der Waals surface area contributed by atoms with Crippen LogP contribution in [0.4, 0.5) is 5.69 Å². The van der Waals surface area contributed by atoms with Crippen molar-refractivity contribution < 1.29 is 0 Å². The Morgan fingerprint density at radius 2 is 2.00 bits per heavy atom. The van der Waals surface area contributed by atoms with Gasteiger partial charge in [-0.2, -0.15) is 0 Å². The van der Waals surface area contributed by atoms with Crippen molar-refractivity contribution in [2.45, 2.75) is 0 Å². The van der Waals surface area contributed by atoms with Crippen molar-refractivity contribution in [2.24, 2.45) is 0 Å². The van der Waals surface area contributed by atoms with Gasteiger partial charge in [0.2, 0.25) is 0 Å². The zero-order valence-corrected chi connectivity index (χ0v) is 7.75.